The smallest absolute Gasteiger partial charge is 0.247 e. The highest BCUT2D eigenvalue weighted by Gasteiger charge is 2.31. The van der Waals surface area contributed by atoms with Gasteiger partial charge in [-0.1, -0.05) is 42.5 Å². The number of hydrogen-bond acceptors (Lipinski definition) is 3. The Bertz CT molecular complexity index is 1140. The molecule has 1 saturated heterocycles. The summed E-state index contributed by atoms with van der Waals surface area (Å²) >= 11 is 0. The van der Waals surface area contributed by atoms with Crippen LogP contribution in [0.1, 0.15) is 12.8 Å². The number of amides is 1. The van der Waals surface area contributed by atoms with Crippen molar-refractivity contribution in [2.24, 2.45) is 0 Å². The maximum absolute atomic E-state index is 13.0. The maximum Gasteiger partial charge on any atom is 0.247 e. The van der Waals surface area contributed by atoms with E-state index in [4.69, 9.17) is 0 Å². The SMILES string of the molecule is O=C(Nc1ccc(-c2ccccc2)cc1)[C@H]1CCCN1c1ccc(-n2ccnc2)cc1. The van der Waals surface area contributed by atoms with Crippen LogP contribution in [0.4, 0.5) is 11.4 Å². The largest absolute Gasteiger partial charge is 0.360 e. The molecule has 0 bridgehead atoms. The van der Waals surface area contributed by atoms with Gasteiger partial charge in [-0.3, -0.25) is 4.79 Å². The van der Waals surface area contributed by atoms with Crippen molar-refractivity contribution in [2.75, 3.05) is 16.8 Å². The lowest BCUT2D eigenvalue weighted by Gasteiger charge is -2.26. The molecule has 5 rings (SSSR count). The van der Waals surface area contributed by atoms with Crippen LogP contribution in [0.5, 0.6) is 0 Å². The number of aromatic nitrogens is 2. The van der Waals surface area contributed by atoms with E-state index in [0.29, 0.717) is 0 Å². The van der Waals surface area contributed by atoms with Crippen LogP contribution in [-0.2, 0) is 4.79 Å². The molecule has 31 heavy (non-hydrogen) atoms. The van der Waals surface area contributed by atoms with E-state index in [1.165, 1.54) is 5.56 Å². The average molecular weight is 409 g/mol. The van der Waals surface area contributed by atoms with Crippen molar-refractivity contribution in [3.8, 4) is 16.8 Å². The van der Waals surface area contributed by atoms with E-state index in [0.717, 1.165) is 42.0 Å². The Morgan fingerprint density at radius 1 is 0.871 bits per heavy atom. The summed E-state index contributed by atoms with van der Waals surface area (Å²) in [6.07, 6.45) is 7.33. The molecule has 1 aromatic heterocycles. The van der Waals surface area contributed by atoms with Gasteiger partial charge in [0.15, 0.2) is 0 Å². The number of benzene rings is 3. The molecule has 1 aliphatic rings. The van der Waals surface area contributed by atoms with Crippen LogP contribution in [0.3, 0.4) is 0 Å². The highest BCUT2D eigenvalue weighted by molar-refractivity contribution is 5.97. The van der Waals surface area contributed by atoms with Gasteiger partial charge < -0.3 is 14.8 Å². The van der Waals surface area contributed by atoms with Crippen molar-refractivity contribution >= 4 is 17.3 Å². The Hall–Kier alpha value is -3.86. The van der Waals surface area contributed by atoms with Crippen LogP contribution < -0.4 is 10.2 Å². The van der Waals surface area contributed by atoms with Gasteiger partial charge in [0.2, 0.25) is 5.91 Å². The van der Waals surface area contributed by atoms with Gasteiger partial charge in [-0.25, -0.2) is 4.98 Å². The molecule has 5 nitrogen and oxygen atoms in total. The Kier molecular flexibility index (Phi) is 5.23. The molecule has 4 aromatic rings. The van der Waals surface area contributed by atoms with E-state index in [9.17, 15) is 4.79 Å². The van der Waals surface area contributed by atoms with E-state index >= 15 is 0 Å². The predicted octanol–water partition coefficient (Wildman–Crippen LogP) is 5.15. The zero-order valence-corrected chi connectivity index (χ0v) is 17.2. The zero-order chi connectivity index (χ0) is 21.0. The summed E-state index contributed by atoms with van der Waals surface area (Å²) in [4.78, 5) is 19.3. The first-order valence-electron chi connectivity index (χ1n) is 10.6. The molecule has 5 heteroatoms. The molecule has 2 heterocycles. The second-order valence-corrected chi connectivity index (χ2v) is 7.77. The first-order valence-corrected chi connectivity index (χ1v) is 10.6. The Labute approximate surface area is 182 Å². The zero-order valence-electron chi connectivity index (χ0n) is 17.2. The molecule has 1 amide bonds. The standard InChI is InChI=1S/C26H24N4O/c31-26(28-22-10-8-21(9-11-22)20-5-2-1-3-6-20)25-7-4-17-30(25)24-14-12-23(13-15-24)29-18-16-27-19-29/h1-3,5-6,8-16,18-19,25H,4,7,17H2,(H,28,31)/t25-/m1/s1. The minimum Gasteiger partial charge on any atom is -0.360 e. The second kappa shape index (κ2) is 8.48. The van der Waals surface area contributed by atoms with Gasteiger partial charge in [0.1, 0.15) is 6.04 Å². The third-order valence-corrected chi connectivity index (χ3v) is 5.80. The fourth-order valence-electron chi connectivity index (χ4n) is 4.18. The monoisotopic (exact) mass is 408 g/mol. The maximum atomic E-state index is 13.0. The average Bonchev–Trinajstić information content (AvgIpc) is 3.53. The van der Waals surface area contributed by atoms with Crippen LogP contribution in [-0.4, -0.2) is 28.0 Å². The van der Waals surface area contributed by atoms with E-state index in [1.807, 2.05) is 53.2 Å². The topological polar surface area (TPSA) is 50.2 Å². The normalized spacial score (nSPS) is 15.7. The first-order chi connectivity index (χ1) is 15.3. The van der Waals surface area contributed by atoms with E-state index in [2.05, 4.69) is 51.6 Å². The number of carbonyl (C=O) groups excluding carboxylic acids is 1. The van der Waals surface area contributed by atoms with Gasteiger partial charge in [-0.15, -0.1) is 0 Å². The number of carbonyl (C=O) groups is 1. The number of imidazole rings is 1. The van der Waals surface area contributed by atoms with Crippen LogP contribution in [0, 0.1) is 0 Å². The summed E-state index contributed by atoms with van der Waals surface area (Å²) in [6, 6.07) is 26.4. The first kappa shape index (κ1) is 19.1. The molecule has 154 valence electrons. The molecular formula is C26H24N4O. The Morgan fingerprint density at radius 3 is 2.29 bits per heavy atom. The lowest BCUT2D eigenvalue weighted by Crippen LogP contribution is -2.39. The lowest BCUT2D eigenvalue weighted by molar-refractivity contribution is -0.117. The molecule has 1 atom stereocenters. The molecule has 3 aromatic carbocycles. The van der Waals surface area contributed by atoms with Crippen LogP contribution in [0.2, 0.25) is 0 Å². The molecular weight excluding hydrogens is 384 g/mol. The van der Waals surface area contributed by atoms with Crippen LogP contribution in [0.15, 0.2) is 97.6 Å². The highest BCUT2D eigenvalue weighted by atomic mass is 16.2. The molecule has 0 unspecified atom stereocenters. The van der Waals surface area contributed by atoms with Crippen LogP contribution >= 0.6 is 0 Å². The summed E-state index contributed by atoms with van der Waals surface area (Å²) in [5.74, 6) is 0.0450. The van der Waals surface area contributed by atoms with Gasteiger partial charge in [-0.05, 0) is 60.4 Å². The lowest BCUT2D eigenvalue weighted by atomic mass is 10.1. The number of nitrogens with one attached hydrogen (secondary N) is 1. The van der Waals surface area contributed by atoms with Gasteiger partial charge in [0.05, 0.1) is 6.33 Å². The molecule has 0 radical (unpaired) electrons. The van der Waals surface area contributed by atoms with E-state index < -0.39 is 0 Å². The summed E-state index contributed by atoms with van der Waals surface area (Å²) < 4.78 is 1.97. The van der Waals surface area contributed by atoms with E-state index in [-0.39, 0.29) is 11.9 Å². The predicted molar refractivity (Wildman–Crippen MR) is 124 cm³/mol. The van der Waals surface area contributed by atoms with Gasteiger partial charge in [0, 0.05) is 36.0 Å². The molecule has 0 aliphatic carbocycles. The second-order valence-electron chi connectivity index (χ2n) is 7.77. The van der Waals surface area contributed by atoms with Gasteiger partial charge >= 0.3 is 0 Å². The molecule has 0 spiro atoms. The third-order valence-electron chi connectivity index (χ3n) is 5.80. The number of anilines is 2. The minimum atomic E-state index is -0.159. The number of rotatable bonds is 5. The molecule has 1 fully saturated rings. The fraction of sp³-hybridized carbons (Fsp3) is 0.154. The minimum absolute atomic E-state index is 0.0450. The summed E-state index contributed by atoms with van der Waals surface area (Å²) in [5, 5.41) is 3.10. The van der Waals surface area contributed by atoms with E-state index in [1.54, 1.807) is 12.5 Å². The molecule has 1 N–H and O–H groups in total. The van der Waals surface area contributed by atoms with Crippen molar-refractivity contribution in [3.05, 3.63) is 97.6 Å². The number of hydrogen-bond donors (Lipinski definition) is 1. The summed E-state index contributed by atoms with van der Waals surface area (Å²) in [6.45, 7) is 0.884. The number of nitrogens with zero attached hydrogens (tertiary/aromatic N) is 3. The fourth-order valence-corrected chi connectivity index (χ4v) is 4.18. The quantitative estimate of drug-likeness (QED) is 0.497. The van der Waals surface area contributed by atoms with Crippen molar-refractivity contribution in [3.63, 3.8) is 0 Å². The Morgan fingerprint density at radius 2 is 1.58 bits per heavy atom. The van der Waals surface area contributed by atoms with Crippen molar-refractivity contribution in [1.82, 2.24) is 9.55 Å². The third kappa shape index (κ3) is 4.08. The Balaban J connectivity index is 1.27. The van der Waals surface area contributed by atoms with Crippen molar-refractivity contribution < 1.29 is 4.79 Å². The van der Waals surface area contributed by atoms with Gasteiger partial charge in [0.25, 0.3) is 0 Å². The summed E-state index contributed by atoms with van der Waals surface area (Å²) in [5.41, 5.74) is 5.26. The molecule has 0 saturated carbocycles. The van der Waals surface area contributed by atoms with Crippen LogP contribution in [0.25, 0.3) is 16.8 Å². The van der Waals surface area contributed by atoms with Gasteiger partial charge in [-0.2, -0.15) is 0 Å². The van der Waals surface area contributed by atoms with Crippen molar-refractivity contribution in [2.45, 2.75) is 18.9 Å². The molecule has 1 aliphatic heterocycles. The highest BCUT2D eigenvalue weighted by Crippen LogP contribution is 2.28. The van der Waals surface area contributed by atoms with Crippen molar-refractivity contribution in [1.29, 1.82) is 0 Å². The summed E-state index contributed by atoms with van der Waals surface area (Å²) in [7, 11) is 0.